The summed E-state index contributed by atoms with van der Waals surface area (Å²) in [6.45, 7) is 5.99. The molecular formula is C25H30N2O4. The lowest BCUT2D eigenvalue weighted by molar-refractivity contribution is -0.213. The third kappa shape index (κ3) is 3.92. The summed E-state index contributed by atoms with van der Waals surface area (Å²) < 4.78 is 11.7. The van der Waals surface area contributed by atoms with Crippen LogP contribution < -0.4 is 4.90 Å². The van der Waals surface area contributed by atoms with E-state index in [-0.39, 0.29) is 18.4 Å². The molecule has 0 aromatic heterocycles. The predicted octanol–water partition coefficient (Wildman–Crippen LogP) is 4.10. The Balaban J connectivity index is 1.64. The fourth-order valence-corrected chi connectivity index (χ4v) is 4.69. The second kappa shape index (κ2) is 8.71. The number of carbonyl (C=O) groups is 2. The van der Waals surface area contributed by atoms with Crippen molar-refractivity contribution in [3.05, 3.63) is 66.2 Å². The van der Waals surface area contributed by atoms with Gasteiger partial charge in [-0.1, -0.05) is 62.4 Å². The van der Waals surface area contributed by atoms with Gasteiger partial charge in [0, 0.05) is 38.2 Å². The number of piperidine rings is 1. The van der Waals surface area contributed by atoms with E-state index in [0.717, 1.165) is 25.3 Å². The zero-order valence-corrected chi connectivity index (χ0v) is 18.3. The van der Waals surface area contributed by atoms with Gasteiger partial charge >= 0.3 is 17.8 Å². The van der Waals surface area contributed by atoms with Gasteiger partial charge in [0.25, 0.3) is 0 Å². The Morgan fingerprint density at radius 3 is 2.19 bits per heavy atom. The van der Waals surface area contributed by atoms with Crippen LogP contribution in [0, 0.1) is 0 Å². The van der Waals surface area contributed by atoms with Crippen LogP contribution in [0.3, 0.4) is 0 Å². The molecule has 0 aliphatic carbocycles. The first kappa shape index (κ1) is 21.4. The molecule has 6 heteroatoms. The van der Waals surface area contributed by atoms with Crippen molar-refractivity contribution in [2.24, 2.45) is 0 Å². The monoisotopic (exact) mass is 422 g/mol. The lowest BCUT2D eigenvalue weighted by Gasteiger charge is -2.46. The molecule has 4 rings (SSSR count). The minimum Gasteiger partial charge on any atom is -0.403 e. The molecule has 2 aromatic rings. The summed E-state index contributed by atoms with van der Waals surface area (Å²) in [6, 6.07) is 20.0. The van der Waals surface area contributed by atoms with Crippen molar-refractivity contribution in [1.82, 2.24) is 4.90 Å². The van der Waals surface area contributed by atoms with E-state index in [1.165, 1.54) is 5.56 Å². The SMILES string of the molecule is CCC(=O)OC1(CC)OC(=O)C2(CCN(Cc3ccccc3)CC2)N1c1ccccc1. The van der Waals surface area contributed by atoms with Crippen LogP contribution in [0.5, 0.6) is 0 Å². The lowest BCUT2D eigenvalue weighted by atomic mass is 9.85. The molecule has 2 heterocycles. The van der Waals surface area contributed by atoms with Crippen LogP contribution in [-0.2, 0) is 25.6 Å². The van der Waals surface area contributed by atoms with E-state index in [2.05, 4.69) is 17.0 Å². The molecule has 2 aliphatic heterocycles. The van der Waals surface area contributed by atoms with Gasteiger partial charge in [-0.25, -0.2) is 4.79 Å². The molecule has 0 amide bonds. The molecule has 1 unspecified atom stereocenters. The number of rotatable bonds is 6. The number of ether oxygens (including phenoxy) is 2. The van der Waals surface area contributed by atoms with Crippen LogP contribution in [-0.4, -0.2) is 41.4 Å². The van der Waals surface area contributed by atoms with Gasteiger partial charge < -0.3 is 9.47 Å². The maximum atomic E-state index is 13.4. The van der Waals surface area contributed by atoms with Crippen LogP contribution in [0.2, 0.25) is 0 Å². The van der Waals surface area contributed by atoms with E-state index >= 15 is 0 Å². The topological polar surface area (TPSA) is 59.1 Å². The Hall–Kier alpha value is -2.86. The molecule has 2 aliphatic rings. The van der Waals surface area contributed by atoms with E-state index in [0.29, 0.717) is 19.3 Å². The Kier molecular flexibility index (Phi) is 6.01. The Bertz CT molecular complexity index is 910. The number of benzene rings is 2. The van der Waals surface area contributed by atoms with Crippen molar-refractivity contribution >= 4 is 17.6 Å². The molecule has 2 saturated heterocycles. The fourth-order valence-electron chi connectivity index (χ4n) is 4.69. The fraction of sp³-hybridized carbons (Fsp3) is 0.440. The molecule has 0 N–H and O–H groups in total. The van der Waals surface area contributed by atoms with Crippen LogP contribution in [0.25, 0.3) is 0 Å². The number of anilines is 1. The number of likely N-dealkylation sites (tertiary alicyclic amines) is 1. The number of cyclic esters (lactones) is 1. The maximum absolute atomic E-state index is 13.4. The average molecular weight is 423 g/mol. The summed E-state index contributed by atoms with van der Waals surface area (Å²) in [7, 11) is 0. The Morgan fingerprint density at radius 1 is 1.00 bits per heavy atom. The molecule has 0 bridgehead atoms. The third-order valence-corrected chi connectivity index (χ3v) is 6.36. The highest BCUT2D eigenvalue weighted by atomic mass is 16.8. The Labute approximate surface area is 183 Å². The van der Waals surface area contributed by atoms with Crippen molar-refractivity contribution in [3.63, 3.8) is 0 Å². The van der Waals surface area contributed by atoms with Crippen LogP contribution in [0.1, 0.15) is 45.1 Å². The second-order valence-corrected chi connectivity index (χ2v) is 8.25. The van der Waals surface area contributed by atoms with Gasteiger partial charge in [0.05, 0.1) is 0 Å². The van der Waals surface area contributed by atoms with Gasteiger partial charge in [-0.15, -0.1) is 0 Å². The molecule has 0 radical (unpaired) electrons. The van der Waals surface area contributed by atoms with Crippen molar-refractivity contribution in [3.8, 4) is 0 Å². The first-order valence-electron chi connectivity index (χ1n) is 11.1. The molecule has 2 fully saturated rings. The van der Waals surface area contributed by atoms with E-state index in [4.69, 9.17) is 9.47 Å². The minimum atomic E-state index is -1.41. The molecule has 2 aromatic carbocycles. The van der Waals surface area contributed by atoms with Gasteiger partial charge in [-0.05, 0) is 30.5 Å². The molecule has 1 spiro atoms. The second-order valence-electron chi connectivity index (χ2n) is 8.25. The summed E-state index contributed by atoms with van der Waals surface area (Å²) in [5.41, 5.74) is 1.24. The molecule has 6 nitrogen and oxygen atoms in total. The number of hydrogen-bond donors (Lipinski definition) is 0. The van der Waals surface area contributed by atoms with Gasteiger partial charge in [-0.3, -0.25) is 14.6 Å². The van der Waals surface area contributed by atoms with Gasteiger partial charge in [0.15, 0.2) is 0 Å². The van der Waals surface area contributed by atoms with Crippen molar-refractivity contribution in [2.45, 2.75) is 57.5 Å². The highest BCUT2D eigenvalue weighted by Crippen LogP contribution is 2.48. The first-order chi connectivity index (χ1) is 15.0. The number of esters is 2. The highest BCUT2D eigenvalue weighted by molar-refractivity contribution is 5.90. The Morgan fingerprint density at radius 2 is 1.61 bits per heavy atom. The third-order valence-electron chi connectivity index (χ3n) is 6.36. The minimum absolute atomic E-state index is 0.222. The smallest absolute Gasteiger partial charge is 0.343 e. The summed E-state index contributed by atoms with van der Waals surface area (Å²) >= 11 is 0. The number of para-hydroxylation sites is 1. The standard InChI is InChI=1S/C25H30N2O4/c1-3-22(28)30-25(4-2)27(21-13-9-6-10-14-21)24(23(29)31-25)15-17-26(18-16-24)19-20-11-7-5-8-12-20/h5-14H,3-4,15-19H2,1-2H3. The normalized spacial score (nSPS) is 23.0. The number of hydrogen-bond acceptors (Lipinski definition) is 6. The van der Waals surface area contributed by atoms with E-state index in [9.17, 15) is 9.59 Å². The van der Waals surface area contributed by atoms with Gasteiger partial charge in [0.1, 0.15) is 5.54 Å². The summed E-state index contributed by atoms with van der Waals surface area (Å²) in [5.74, 6) is -2.09. The summed E-state index contributed by atoms with van der Waals surface area (Å²) in [6.07, 6.45) is 1.80. The van der Waals surface area contributed by atoms with Crippen LogP contribution in [0.15, 0.2) is 60.7 Å². The largest absolute Gasteiger partial charge is 0.403 e. The first-order valence-corrected chi connectivity index (χ1v) is 11.1. The predicted molar refractivity (Wildman–Crippen MR) is 118 cm³/mol. The van der Waals surface area contributed by atoms with Crippen molar-refractivity contribution in [1.29, 1.82) is 0 Å². The van der Waals surface area contributed by atoms with E-state index < -0.39 is 11.4 Å². The average Bonchev–Trinajstić information content (AvgIpc) is 3.04. The van der Waals surface area contributed by atoms with E-state index in [1.54, 1.807) is 6.92 Å². The van der Waals surface area contributed by atoms with Crippen LogP contribution >= 0.6 is 0 Å². The molecule has 1 atom stereocenters. The quantitative estimate of drug-likeness (QED) is 0.653. The van der Waals surface area contributed by atoms with Crippen molar-refractivity contribution in [2.75, 3.05) is 18.0 Å². The van der Waals surface area contributed by atoms with Gasteiger partial charge in [0.2, 0.25) is 0 Å². The molecular weight excluding hydrogens is 392 g/mol. The zero-order valence-electron chi connectivity index (χ0n) is 18.3. The highest BCUT2D eigenvalue weighted by Gasteiger charge is 2.65. The van der Waals surface area contributed by atoms with E-state index in [1.807, 2.05) is 60.4 Å². The number of carbonyl (C=O) groups excluding carboxylic acids is 2. The molecule has 164 valence electrons. The summed E-state index contributed by atoms with van der Waals surface area (Å²) in [5, 5.41) is 0. The molecule has 0 saturated carbocycles. The number of nitrogens with zero attached hydrogens (tertiary/aromatic N) is 2. The van der Waals surface area contributed by atoms with Crippen molar-refractivity contribution < 1.29 is 19.1 Å². The molecule has 31 heavy (non-hydrogen) atoms. The van der Waals surface area contributed by atoms with Crippen LogP contribution in [0.4, 0.5) is 5.69 Å². The summed E-state index contributed by atoms with van der Waals surface area (Å²) in [4.78, 5) is 30.0. The van der Waals surface area contributed by atoms with Gasteiger partial charge in [-0.2, -0.15) is 0 Å². The maximum Gasteiger partial charge on any atom is 0.343 e. The zero-order chi connectivity index (χ0) is 21.9. The lowest BCUT2D eigenvalue weighted by Crippen LogP contribution is -2.61.